The van der Waals surface area contributed by atoms with Crippen molar-refractivity contribution in [2.24, 2.45) is 0 Å². The van der Waals surface area contributed by atoms with Gasteiger partial charge in [-0.1, -0.05) is 11.6 Å². The van der Waals surface area contributed by atoms with Crippen LogP contribution in [0.3, 0.4) is 0 Å². The van der Waals surface area contributed by atoms with Gasteiger partial charge in [0, 0.05) is 45.3 Å². The Morgan fingerprint density at radius 2 is 1.92 bits per heavy atom. The van der Waals surface area contributed by atoms with Gasteiger partial charge in [-0.25, -0.2) is 13.1 Å². The van der Waals surface area contributed by atoms with Crippen molar-refractivity contribution in [3.05, 3.63) is 32.8 Å². The third kappa shape index (κ3) is 6.52. The lowest BCUT2D eigenvalue weighted by Gasteiger charge is -2.27. The predicted octanol–water partition coefficient (Wildman–Crippen LogP) is 1.58. The van der Waals surface area contributed by atoms with Gasteiger partial charge in [-0.05, 0) is 18.6 Å². The summed E-state index contributed by atoms with van der Waals surface area (Å²) in [5.74, 6) is 0. The lowest BCUT2D eigenvalue weighted by molar-refractivity contribution is -0.385. The lowest BCUT2D eigenvalue weighted by atomic mass is 10.2. The molecule has 1 aromatic rings. The standard InChI is InChI=1S/C13H19ClN4O4S.2ClH/c1-10-8-11(18(19)20)13(14)12(9-10)23(21,22)16-4-7-17-5-2-15-3-6-17;;/h8-9,15-16H,2-7H2,1H3;2*1H. The number of piperazine rings is 1. The van der Waals surface area contributed by atoms with Gasteiger partial charge in [-0.3, -0.25) is 15.0 Å². The Hall–Kier alpha value is -0.680. The van der Waals surface area contributed by atoms with E-state index >= 15 is 0 Å². The first kappa shape index (κ1) is 24.3. The fraction of sp³-hybridized carbons (Fsp3) is 0.538. The van der Waals surface area contributed by atoms with Gasteiger partial charge < -0.3 is 5.32 Å². The van der Waals surface area contributed by atoms with Crippen LogP contribution in [0, 0.1) is 17.0 Å². The highest BCUT2D eigenvalue weighted by Crippen LogP contribution is 2.32. The summed E-state index contributed by atoms with van der Waals surface area (Å²) < 4.78 is 27.2. The molecule has 8 nitrogen and oxygen atoms in total. The molecule has 2 rings (SSSR count). The second-order valence-electron chi connectivity index (χ2n) is 5.34. The SMILES string of the molecule is Cc1cc([N+](=O)[O-])c(Cl)c(S(=O)(=O)NCCN2CCNCC2)c1.Cl.Cl. The summed E-state index contributed by atoms with van der Waals surface area (Å²) in [6, 6.07) is 2.59. The molecular weight excluding hydrogens is 415 g/mol. The Labute approximate surface area is 164 Å². The summed E-state index contributed by atoms with van der Waals surface area (Å²) in [6.07, 6.45) is 0. The molecule has 0 radical (unpaired) electrons. The average molecular weight is 436 g/mol. The second-order valence-corrected chi connectivity index (χ2v) is 7.46. The summed E-state index contributed by atoms with van der Waals surface area (Å²) in [6.45, 7) is 5.86. The Bertz CT molecular complexity index is 697. The molecule has 0 saturated carbocycles. The van der Waals surface area contributed by atoms with E-state index in [1.807, 2.05) is 0 Å². The van der Waals surface area contributed by atoms with Crippen molar-refractivity contribution < 1.29 is 13.3 Å². The number of hydrogen-bond donors (Lipinski definition) is 2. The van der Waals surface area contributed by atoms with E-state index in [1.54, 1.807) is 6.92 Å². The van der Waals surface area contributed by atoms with Crippen LogP contribution < -0.4 is 10.0 Å². The fourth-order valence-electron chi connectivity index (χ4n) is 2.40. The summed E-state index contributed by atoms with van der Waals surface area (Å²) in [4.78, 5) is 12.2. The monoisotopic (exact) mass is 434 g/mol. The number of nitro benzene ring substituents is 1. The molecule has 0 unspecified atom stereocenters. The Kier molecular flexibility index (Phi) is 10.2. The first-order valence-electron chi connectivity index (χ1n) is 7.18. The molecule has 0 spiro atoms. The number of rotatable bonds is 6. The first-order chi connectivity index (χ1) is 10.8. The van der Waals surface area contributed by atoms with E-state index in [0.717, 1.165) is 26.2 Å². The molecule has 1 fully saturated rings. The number of aryl methyl sites for hydroxylation is 1. The largest absolute Gasteiger partial charge is 0.314 e. The van der Waals surface area contributed by atoms with E-state index in [1.165, 1.54) is 12.1 Å². The van der Waals surface area contributed by atoms with Gasteiger partial charge in [-0.2, -0.15) is 0 Å². The van der Waals surface area contributed by atoms with Crippen LogP contribution in [0.25, 0.3) is 0 Å². The molecule has 1 aliphatic heterocycles. The van der Waals surface area contributed by atoms with Crippen molar-refractivity contribution in [2.45, 2.75) is 11.8 Å². The van der Waals surface area contributed by atoms with Gasteiger partial charge in [-0.15, -0.1) is 24.8 Å². The van der Waals surface area contributed by atoms with Crippen molar-refractivity contribution in [3.8, 4) is 0 Å². The van der Waals surface area contributed by atoms with Crippen LogP contribution in [0.15, 0.2) is 17.0 Å². The maximum atomic E-state index is 12.4. The minimum atomic E-state index is -3.90. The van der Waals surface area contributed by atoms with Crippen molar-refractivity contribution in [1.82, 2.24) is 14.9 Å². The van der Waals surface area contributed by atoms with Gasteiger partial charge >= 0.3 is 0 Å². The van der Waals surface area contributed by atoms with Crippen LogP contribution in [-0.2, 0) is 10.0 Å². The number of nitrogens with zero attached hydrogens (tertiary/aromatic N) is 2. The number of hydrogen-bond acceptors (Lipinski definition) is 6. The van der Waals surface area contributed by atoms with Crippen molar-refractivity contribution in [3.63, 3.8) is 0 Å². The quantitative estimate of drug-likeness (QED) is 0.519. The Balaban J connectivity index is 0.00000288. The molecule has 1 saturated heterocycles. The molecule has 0 aliphatic carbocycles. The van der Waals surface area contributed by atoms with Crippen LogP contribution in [0.1, 0.15) is 5.56 Å². The maximum absolute atomic E-state index is 12.4. The minimum Gasteiger partial charge on any atom is -0.314 e. The number of benzene rings is 1. The van der Waals surface area contributed by atoms with E-state index in [2.05, 4.69) is 14.9 Å². The molecule has 0 atom stereocenters. The van der Waals surface area contributed by atoms with Crippen molar-refractivity contribution in [2.75, 3.05) is 39.3 Å². The molecule has 25 heavy (non-hydrogen) atoms. The van der Waals surface area contributed by atoms with E-state index in [4.69, 9.17) is 11.6 Å². The first-order valence-corrected chi connectivity index (χ1v) is 9.04. The van der Waals surface area contributed by atoms with Gasteiger partial charge in [0.1, 0.15) is 9.92 Å². The average Bonchev–Trinajstić information content (AvgIpc) is 2.49. The molecular formula is C13H21Cl3N4O4S. The third-order valence-corrected chi connectivity index (χ3v) is 5.57. The molecule has 1 aliphatic rings. The summed E-state index contributed by atoms with van der Waals surface area (Å²) >= 11 is 5.91. The van der Waals surface area contributed by atoms with Crippen LogP contribution in [0.5, 0.6) is 0 Å². The smallest absolute Gasteiger partial charge is 0.289 e. The molecule has 0 aromatic heterocycles. The zero-order chi connectivity index (χ0) is 17.0. The Morgan fingerprint density at radius 3 is 2.48 bits per heavy atom. The molecule has 12 heteroatoms. The van der Waals surface area contributed by atoms with Crippen molar-refractivity contribution in [1.29, 1.82) is 0 Å². The van der Waals surface area contributed by atoms with Gasteiger partial charge in [0.15, 0.2) is 0 Å². The molecule has 1 aromatic carbocycles. The van der Waals surface area contributed by atoms with Crippen LogP contribution in [0.2, 0.25) is 5.02 Å². The van der Waals surface area contributed by atoms with Crippen molar-refractivity contribution >= 4 is 52.1 Å². The third-order valence-electron chi connectivity index (χ3n) is 3.58. The van der Waals surface area contributed by atoms with Crippen LogP contribution in [-0.4, -0.2) is 57.5 Å². The topological polar surface area (TPSA) is 105 Å². The highest BCUT2D eigenvalue weighted by atomic mass is 35.5. The van der Waals surface area contributed by atoms with E-state index < -0.39 is 20.6 Å². The summed E-state index contributed by atoms with van der Waals surface area (Å²) in [5, 5.41) is 13.8. The molecule has 0 amide bonds. The summed E-state index contributed by atoms with van der Waals surface area (Å²) in [5.41, 5.74) is 0.0535. The van der Waals surface area contributed by atoms with Gasteiger partial charge in [0.25, 0.3) is 5.69 Å². The van der Waals surface area contributed by atoms with Gasteiger partial charge in [0.2, 0.25) is 10.0 Å². The zero-order valence-electron chi connectivity index (χ0n) is 13.5. The van der Waals surface area contributed by atoms with Crippen LogP contribution in [0.4, 0.5) is 5.69 Å². The molecule has 144 valence electrons. The number of halogens is 3. The van der Waals surface area contributed by atoms with E-state index in [-0.39, 0.29) is 41.3 Å². The normalized spacial score (nSPS) is 15.1. The lowest BCUT2D eigenvalue weighted by Crippen LogP contribution is -2.46. The van der Waals surface area contributed by atoms with E-state index in [9.17, 15) is 18.5 Å². The van der Waals surface area contributed by atoms with Gasteiger partial charge in [0.05, 0.1) is 4.92 Å². The zero-order valence-corrected chi connectivity index (χ0v) is 16.7. The predicted molar refractivity (Wildman–Crippen MR) is 102 cm³/mol. The second kappa shape index (κ2) is 10.5. The maximum Gasteiger partial charge on any atom is 0.289 e. The number of sulfonamides is 1. The number of nitrogens with one attached hydrogen (secondary N) is 2. The summed E-state index contributed by atoms with van der Waals surface area (Å²) in [7, 11) is -3.90. The molecule has 2 N–H and O–H groups in total. The minimum absolute atomic E-state index is 0. The molecule has 0 bridgehead atoms. The highest BCUT2D eigenvalue weighted by Gasteiger charge is 2.25. The fourth-order valence-corrected chi connectivity index (χ4v) is 4.08. The Morgan fingerprint density at radius 1 is 1.32 bits per heavy atom. The highest BCUT2D eigenvalue weighted by molar-refractivity contribution is 7.89. The van der Waals surface area contributed by atoms with Crippen LogP contribution >= 0.6 is 36.4 Å². The molecule has 1 heterocycles. The van der Waals surface area contributed by atoms with E-state index in [0.29, 0.717) is 12.1 Å². The number of nitro groups is 1.